The van der Waals surface area contributed by atoms with E-state index in [1.165, 1.54) is 154 Å². The Morgan fingerprint density at radius 3 is 1.24 bits per heavy atom. The van der Waals surface area contributed by atoms with Crippen molar-refractivity contribution in [3.63, 3.8) is 0 Å². The van der Waals surface area contributed by atoms with Crippen LogP contribution in [-0.2, 0) is 27.9 Å². The molecule has 0 saturated carbocycles. The van der Waals surface area contributed by atoms with E-state index in [2.05, 4.69) is 86.8 Å². The van der Waals surface area contributed by atoms with Crippen LogP contribution in [0.1, 0.15) is 278 Å². The number of rotatable bonds is 56. The fourth-order valence-corrected chi connectivity index (χ4v) is 9.48. The number of allylic oxidation sites excluding steroid dienone is 11. The number of likely N-dealkylation sites (N-methyl/N-ethyl adjacent to an activating group) is 1. The highest BCUT2D eigenvalue weighted by molar-refractivity contribution is 7.47. The summed E-state index contributed by atoms with van der Waals surface area (Å²) in [5.74, 6) is -0.531. The zero-order chi connectivity index (χ0) is 55.0. The van der Waals surface area contributed by atoms with E-state index in [-0.39, 0.29) is 31.5 Å². The Kier molecular flexibility index (Phi) is 52.9. The number of phosphoric acid groups is 1. The van der Waals surface area contributed by atoms with Crippen LogP contribution in [0.2, 0.25) is 0 Å². The fraction of sp³-hybridized carbons (Fsp3) is 0.785. The summed E-state index contributed by atoms with van der Waals surface area (Å²) < 4.78 is 30.7. The summed E-state index contributed by atoms with van der Waals surface area (Å²) in [5.41, 5.74) is 0. The Morgan fingerprint density at radius 2 is 0.813 bits per heavy atom. The average molecular weight is 1070 g/mol. The Hall–Kier alpha value is -2.55. The lowest BCUT2D eigenvalue weighted by molar-refractivity contribution is -0.870. The van der Waals surface area contributed by atoms with Crippen LogP contribution in [0.5, 0.6) is 0 Å². The van der Waals surface area contributed by atoms with Crippen LogP contribution in [0.15, 0.2) is 72.9 Å². The van der Waals surface area contributed by atoms with E-state index in [0.29, 0.717) is 17.4 Å². The van der Waals surface area contributed by atoms with Crippen LogP contribution in [0.3, 0.4) is 0 Å². The van der Waals surface area contributed by atoms with E-state index < -0.39 is 20.0 Å². The van der Waals surface area contributed by atoms with Crippen molar-refractivity contribution in [2.24, 2.45) is 0 Å². The first-order valence-corrected chi connectivity index (χ1v) is 32.8. The molecule has 3 unspecified atom stereocenters. The van der Waals surface area contributed by atoms with Crippen LogP contribution in [0, 0.1) is 0 Å². The van der Waals surface area contributed by atoms with Crippen molar-refractivity contribution in [2.75, 3.05) is 40.9 Å². The minimum absolute atomic E-state index is 0.0333. The smallest absolute Gasteiger partial charge is 0.456 e. The van der Waals surface area contributed by atoms with Gasteiger partial charge in [0.15, 0.2) is 0 Å². The van der Waals surface area contributed by atoms with Gasteiger partial charge in [-0.15, -0.1) is 0 Å². The summed E-state index contributed by atoms with van der Waals surface area (Å²) >= 11 is 0. The van der Waals surface area contributed by atoms with Gasteiger partial charge in [-0.3, -0.25) is 18.6 Å². The van der Waals surface area contributed by atoms with Crippen molar-refractivity contribution in [1.82, 2.24) is 5.32 Å². The summed E-state index contributed by atoms with van der Waals surface area (Å²) in [6.07, 6.45) is 70.4. The van der Waals surface area contributed by atoms with Crippen molar-refractivity contribution in [3.8, 4) is 0 Å². The molecule has 0 fully saturated rings. The van der Waals surface area contributed by atoms with Gasteiger partial charge in [-0.1, -0.05) is 235 Å². The maximum atomic E-state index is 13.5. The van der Waals surface area contributed by atoms with E-state index in [4.69, 9.17) is 13.8 Å². The molecule has 3 atom stereocenters. The van der Waals surface area contributed by atoms with Gasteiger partial charge in [0.25, 0.3) is 0 Å². The predicted octanol–water partition coefficient (Wildman–Crippen LogP) is 19.2. The molecule has 0 aromatic carbocycles. The average Bonchev–Trinajstić information content (AvgIpc) is 3.37. The van der Waals surface area contributed by atoms with Gasteiger partial charge in [0.2, 0.25) is 5.91 Å². The fourth-order valence-electron chi connectivity index (χ4n) is 8.74. The third kappa shape index (κ3) is 56.0. The third-order valence-electron chi connectivity index (χ3n) is 13.6. The molecule has 0 aromatic heterocycles. The van der Waals surface area contributed by atoms with Crippen LogP contribution in [-0.4, -0.2) is 74.3 Å². The topological polar surface area (TPSA) is 111 Å². The molecule has 2 N–H and O–H groups in total. The number of carbonyl (C=O) groups is 2. The van der Waals surface area contributed by atoms with Crippen molar-refractivity contribution < 1.29 is 37.3 Å². The molecular formula is C65H120N2O7P+. The number of nitrogens with zero attached hydrogens (tertiary/aromatic N) is 1. The summed E-state index contributed by atoms with van der Waals surface area (Å²) in [6.45, 7) is 6.94. The molecule has 0 spiro atoms. The second-order valence-electron chi connectivity index (χ2n) is 22.2. The Balaban J connectivity index is 5.23. The van der Waals surface area contributed by atoms with Gasteiger partial charge in [0.05, 0.1) is 33.8 Å². The molecule has 0 aliphatic heterocycles. The third-order valence-corrected chi connectivity index (χ3v) is 14.6. The summed E-state index contributed by atoms with van der Waals surface area (Å²) in [4.78, 5) is 37.7. The molecule has 0 aliphatic rings. The second-order valence-corrected chi connectivity index (χ2v) is 23.7. The van der Waals surface area contributed by atoms with Crippen LogP contribution >= 0.6 is 7.82 Å². The van der Waals surface area contributed by atoms with E-state index in [0.717, 1.165) is 89.9 Å². The molecule has 75 heavy (non-hydrogen) atoms. The maximum Gasteiger partial charge on any atom is 0.472 e. The zero-order valence-corrected chi connectivity index (χ0v) is 50.7. The number of esters is 1. The highest BCUT2D eigenvalue weighted by Crippen LogP contribution is 2.43. The Bertz CT molecular complexity index is 1510. The minimum atomic E-state index is -4.46. The van der Waals surface area contributed by atoms with Crippen molar-refractivity contribution in [1.29, 1.82) is 0 Å². The second kappa shape index (κ2) is 54.8. The molecule has 0 radical (unpaired) electrons. The van der Waals surface area contributed by atoms with Gasteiger partial charge in [0.1, 0.15) is 19.3 Å². The van der Waals surface area contributed by atoms with Crippen LogP contribution in [0.25, 0.3) is 0 Å². The highest BCUT2D eigenvalue weighted by Gasteiger charge is 2.30. The largest absolute Gasteiger partial charge is 0.472 e. The summed E-state index contributed by atoms with van der Waals surface area (Å²) in [7, 11) is 1.48. The van der Waals surface area contributed by atoms with Crippen molar-refractivity contribution in [3.05, 3.63) is 72.9 Å². The lowest BCUT2D eigenvalue weighted by atomic mass is 10.0. The number of carbonyl (C=O) groups excluding carboxylic acids is 2. The number of hydrogen-bond donors (Lipinski definition) is 2. The molecule has 0 aliphatic carbocycles. The lowest BCUT2D eigenvalue weighted by Crippen LogP contribution is -2.47. The molecule has 1 amide bonds. The monoisotopic (exact) mass is 1070 g/mol. The number of quaternary nitrogens is 1. The molecule has 0 heterocycles. The SMILES string of the molecule is CCCCC/C=C\C/C=C\C/C=C\CCCCCCC(=O)NC(COP(=O)(O)OCC[N+](C)(C)C)C(/C=C/CCCCCCCCCCC)OC(=O)CCCCCCCCCCCCC/C=C\C/C=C\CCCCC. The molecule has 0 saturated heterocycles. The van der Waals surface area contributed by atoms with E-state index in [1.54, 1.807) is 0 Å². The first-order chi connectivity index (χ1) is 36.4. The number of hydrogen-bond acceptors (Lipinski definition) is 6. The first-order valence-electron chi connectivity index (χ1n) is 31.3. The van der Waals surface area contributed by atoms with Gasteiger partial charge in [0, 0.05) is 12.8 Å². The standard InChI is InChI=1S/C65H119N2O7P/c1-7-10-13-16-19-22-25-27-29-31-32-33-34-36-38-40-43-46-49-52-55-58-65(69)74-63(56-53-50-47-44-41-24-21-18-15-12-9-3)62(61-73-75(70,71)72-60-59-67(4,5)6)66-64(68)57-54-51-48-45-42-39-37-35-30-28-26-23-20-17-14-11-8-2/h19-20,22-23,27-30,37,39,53,56,62-63H,7-18,21,24-26,31-36,38,40-52,54-55,57-61H2,1-6H3,(H-,66,68,70,71)/p+1/b22-19-,23-20-,29-27-,30-28-,39-37-,56-53+. The van der Waals surface area contributed by atoms with Gasteiger partial charge in [-0.25, -0.2) is 4.57 Å². The zero-order valence-electron chi connectivity index (χ0n) is 49.8. The normalized spacial score (nSPS) is 14.2. The van der Waals surface area contributed by atoms with E-state index in [9.17, 15) is 19.0 Å². The van der Waals surface area contributed by atoms with Gasteiger partial charge >= 0.3 is 13.8 Å². The van der Waals surface area contributed by atoms with Gasteiger partial charge < -0.3 is 19.4 Å². The summed E-state index contributed by atoms with van der Waals surface area (Å²) in [5, 5.41) is 3.04. The molecule has 9 nitrogen and oxygen atoms in total. The van der Waals surface area contributed by atoms with E-state index in [1.807, 2.05) is 33.3 Å². The first kappa shape index (κ1) is 72.5. The summed E-state index contributed by atoms with van der Waals surface area (Å²) in [6, 6.07) is -0.862. The lowest BCUT2D eigenvalue weighted by Gasteiger charge is -2.27. The highest BCUT2D eigenvalue weighted by atomic mass is 31.2. The molecule has 436 valence electrons. The van der Waals surface area contributed by atoms with Crippen LogP contribution in [0.4, 0.5) is 0 Å². The van der Waals surface area contributed by atoms with E-state index >= 15 is 0 Å². The maximum absolute atomic E-state index is 13.5. The van der Waals surface area contributed by atoms with Crippen molar-refractivity contribution >= 4 is 19.7 Å². The molecule has 0 aromatic rings. The number of nitrogens with one attached hydrogen (secondary N) is 1. The van der Waals surface area contributed by atoms with Crippen molar-refractivity contribution in [2.45, 2.75) is 290 Å². The Morgan fingerprint density at radius 1 is 0.467 bits per heavy atom. The molecule has 0 rings (SSSR count). The number of phosphoric ester groups is 1. The number of ether oxygens (including phenoxy) is 1. The minimum Gasteiger partial charge on any atom is -0.456 e. The Labute approximate surface area is 463 Å². The number of amides is 1. The quantitative estimate of drug-likeness (QED) is 0.0205. The predicted molar refractivity (Wildman–Crippen MR) is 323 cm³/mol. The molecular weight excluding hydrogens is 952 g/mol. The number of unbranched alkanes of at least 4 members (excludes halogenated alkanes) is 30. The van der Waals surface area contributed by atoms with Gasteiger partial charge in [-0.2, -0.15) is 0 Å². The molecule has 0 bridgehead atoms. The molecule has 10 heteroatoms. The van der Waals surface area contributed by atoms with Crippen LogP contribution < -0.4 is 5.32 Å². The van der Waals surface area contributed by atoms with Gasteiger partial charge in [-0.05, 0) is 102 Å².